The molecule has 0 atom stereocenters. The topological polar surface area (TPSA) is 81.5 Å². The van der Waals surface area contributed by atoms with Crippen molar-refractivity contribution >= 4 is 15.8 Å². The van der Waals surface area contributed by atoms with E-state index in [1.807, 2.05) is 6.92 Å². The van der Waals surface area contributed by atoms with Crippen LogP contribution in [0.15, 0.2) is 52.9 Å². The third-order valence-electron chi connectivity index (χ3n) is 2.52. The molecule has 1 heterocycles. The van der Waals surface area contributed by atoms with Gasteiger partial charge in [-0.3, -0.25) is 14.3 Å². The van der Waals surface area contributed by atoms with Crippen LogP contribution >= 0.6 is 0 Å². The number of nitrogens with zero attached hydrogens (tertiary/aromatic N) is 3. The van der Waals surface area contributed by atoms with E-state index in [1.165, 1.54) is 30.7 Å². The van der Waals surface area contributed by atoms with Gasteiger partial charge in [0.2, 0.25) is 0 Å². The van der Waals surface area contributed by atoms with Gasteiger partial charge in [0.15, 0.2) is 0 Å². The van der Waals surface area contributed by atoms with E-state index in [2.05, 4.69) is 19.4 Å². The van der Waals surface area contributed by atoms with Gasteiger partial charge in [-0.25, -0.2) is 0 Å². The number of oxime groups is 1. The minimum absolute atomic E-state index is 0.0544. The minimum atomic E-state index is -3.92. The average Bonchev–Trinajstić information content (AvgIpc) is 2.46. The van der Waals surface area contributed by atoms with Crippen LogP contribution in [0.25, 0.3) is 0 Å². The highest BCUT2D eigenvalue weighted by molar-refractivity contribution is 7.86. The van der Waals surface area contributed by atoms with Crippen molar-refractivity contribution in [3.05, 3.63) is 54.1 Å². The molecular formula is C13H13N3O3S. The van der Waals surface area contributed by atoms with Gasteiger partial charge in [-0.2, -0.15) is 8.42 Å². The van der Waals surface area contributed by atoms with Crippen molar-refractivity contribution in [1.82, 2.24) is 9.97 Å². The van der Waals surface area contributed by atoms with Crippen LogP contribution < -0.4 is 0 Å². The molecular weight excluding hydrogens is 278 g/mol. The molecule has 20 heavy (non-hydrogen) atoms. The van der Waals surface area contributed by atoms with Crippen molar-refractivity contribution in [2.45, 2.75) is 18.7 Å². The Balaban J connectivity index is 2.19. The molecule has 0 aliphatic carbocycles. The van der Waals surface area contributed by atoms with Crippen LogP contribution in [0.3, 0.4) is 0 Å². The molecule has 0 fully saturated rings. The standard InChI is InChI=1S/C13H13N3O3S/c1-10-3-5-12(6-4-10)20(17,18)19-16-11(2)13-9-14-7-8-15-13/h3-9H,1-2H3. The molecule has 0 unspecified atom stereocenters. The molecule has 0 radical (unpaired) electrons. The quantitative estimate of drug-likeness (QED) is 0.635. The van der Waals surface area contributed by atoms with Gasteiger partial charge in [-0.1, -0.05) is 22.9 Å². The predicted molar refractivity (Wildman–Crippen MR) is 73.7 cm³/mol. The number of rotatable bonds is 4. The number of aryl methyl sites for hydroxylation is 1. The summed E-state index contributed by atoms with van der Waals surface area (Å²) in [7, 11) is -3.92. The Morgan fingerprint density at radius 3 is 2.50 bits per heavy atom. The lowest BCUT2D eigenvalue weighted by molar-refractivity contribution is 0.338. The van der Waals surface area contributed by atoms with Gasteiger partial charge >= 0.3 is 10.1 Å². The van der Waals surface area contributed by atoms with E-state index >= 15 is 0 Å². The zero-order valence-electron chi connectivity index (χ0n) is 11.0. The minimum Gasteiger partial charge on any atom is -0.264 e. The molecule has 0 aliphatic heterocycles. The lowest BCUT2D eigenvalue weighted by Crippen LogP contribution is -2.06. The van der Waals surface area contributed by atoms with Crippen LogP contribution in [0.5, 0.6) is 0 Å². The van der Waals surface area contributed by atoms with Crippen molar-refractivity contribution in [3.8, 4) is 0 Å². The summed E-state index contributed by atoms with van der Waals surface area (Å²) in [6, 6.07) is 6.32. The summed E-state index contributed by atoms with van der Waals surface area (Å²) >= 11 is 0. The van der Waals surface area contributed by atoms with Crippen LogP contribution in [0.1, 0.15) is 18.2 Å². The maximum atomic E-state index is 11.9. The zero-order valence-corrected chi connectivity index (χ0v) is 11.8. The van der Waals surface area contributed by atoms with Gasteiger partial charge in [0, 0.05) is 12.4 Å². The zero-order chi connectivity index (χ0) is 14.6. The van der Waals surface area contributed by atoms with Crippen molar-refractivity contribution in [2.75, 3.05) is 0 Å². The third kappa shape index (κ3) is 3.39. The highest BCUT2D eigenvalue weighted by Crippen LogP contribution is 2.13. The molecule has 0 spiro atoms. The fourth-order valence-electron chi connectivity index (χ4n) is 1.39. The van der Waals surface area contributed by atoms with Crippen LogP contribution in [0.2, 0.25) is 0 Å². The first-order valence-corrected chi connectivity index (χ1v) is 7.21. The Bertz CT molecular complexity index is 710. The molecule has 2 aromatic rings. The normalized spacial score (nSPS) is 12.2. The van der Waals surface area contributed by atoms with Crippen LogP contribution in [0, 0.1) is 6.92 Å². The lowest BCUT2D eigenvalue weighted by Gasteiger charge is -2.03. The average molecular weight is 291 g/mol. The summed E-state index contributed by atoms with van der Waals surface area (Å²) in [6.45, 7) is 3.46. The summed E-state index contributed by atoms with van der Waals surface area (Å²) in [4.78, 5) is 7.92. The maximum absolute atomic E-state index is 11.9. The van der Waals surface area contributed by atoms with Gasteiger partial charge in [0.1, 0.15) is 16.3 Å². The molecule has 0 saturated heterocycles. The van der Waals surface area contributed by atoms with E-state index < -0.39 is 10.1 Å². The first kappa shape index (κ1) is 14.1. The van der Waals surface area contributed by atoms with Crippen LogP contribution in [-0.4, -0.2) is 24.1 Å². The summed E-state index contributed by atoms with van der Waals surface area (Å²) < 4.78 is 28.5. The Morgan fingerprint density at radius 1 is 1.20 bits per heavy atom. The smallest absolute Gasteiger partial charge is 0.264 e. The van der Waals surface area contributed by atoms with Crippen LogP contribution in [-0.2, 0) is 14.4 Å². The van der Waals surface area contributed by atoms with E-state index in [9.17, 15) is 8.42 Å². The predicted octanol–water partition coefficient (Wildman–Crippen LogP) is 1.91. The Labute approximate surface area is 117 Å². The first-order valence-electron chi connectivity index (χ1n) is 5.80. The maximum Gasteiger partial charge on any atom is 0.358 e. The number of aromatic nitrogens is 2. The molecule has 1 aromatic heterocycles. The fraction of sp³-hybridized carbons (Fsp3) is 0.154. The van der Waals surface area contributed by atoms with Gasteiger partial charge in [-0.05, 0) is 26.0 Å². The monoisotopic (exact) mass is 291 g/mol. The fourth-order valence-corrected chi connectivity index (χ4v) is 2.15. The van der Waals surface area contributed by atoms with Gasteiger partial charge in [-0.15, -0.1) is 0 Å². The van der Waals surface area contributed by atoms with E-state index in [0.29, 0.717) is 11.4 Å². The Kier molecular flexibility index (Phi) is 4.09. The van der Waals surface area contributed by atoms with Gasteiger partial charge in [0.25, 0.3) is 0 Å². The molecule has 0 N–H and O–H groups in total. The van der Waals surface area contributed by atoms with Crippen LogP contribution in [0.4, 0.5) is 0 Å². The van der Waals surface area contributed by atoms with Crippen molar-refractivity contribution < 1.29 is 12.7 Å². The molecule has 1 aromatic carbocycles. The SMILES string of the molecule is CC(=NOS(=O)(=O)c1ccc(C)cc1)c1cnccn1. The second-order valence-corrected chi connectivity index (χ2v) is 5.64. The summed E-state index contributed by atoms with van der Waals surface area (Å²) in [5.41, 5.74) is 1.74. The molecule has 7 heteroatoms. The highest BCUT2D eigenvalue weighted by atomic mass is 32.2. The van der Waals surface area contributed by atoms with Crippen molar-refractivity contribution in [3.63, 3.8) is 0 Å². The molecule has 104 valence electrons. The molecule has 6 nitrogen and oxygen atoms in total. The van der Waals surface area contributed by atoms with Crippen molar-refractivity contribution in [2.24, 2.45) is 5.16 Å². The number of benzene rings is 1. The molecule has 0 bridgehead atoms. The third-order valence-corrected chi connectivity index (χ3v) is 3.64. The highest BCUT2D eigenvalue weighted by Gasteiger charge is 2.15. The van der Waals surface area contributed by atoms with Crippen molar-refractivity contribution in [1.29, 1.82) is 0 Å². The molecule has 0 aliphatic rings. The second kappa shape index (κ2) is 5.79. The lowest BCUT2D eigenvalue weighted by atomic mass is 10.2. The Morgan fingerprint density at radius 2 is 1.90 bits per heavy atom. The summed E-state index contributed by atoms with van der Waals surface area (Å²) in [6.07, 6.45) is 4.48. The van der Waals surface area contributed by atoms with Gasteiger partial charge < -0.3 is 0 Å². The molecule has 0 saturated carbocycles. The van der Waals surface area contributed by atoms with E-state index in [0.717, 1.165) is 5.56 Å². The van der Waals surface area contributed by atoms with E-state index in [1.54, 1.807) is 19.1 Å². The largest absolute Gasteiger partial charge is 0.358 e. The summed E-state index contributed by atoms with van der Waals surface area (Å²) in [5, 5.41) is 3.59. The number of hydrogen-bond acceptors (Lipinski definition) is 6. The first-order chi connectivity index (χ1) is 9.49. The van der Waals surface area contributed by atoms with E-state index in [-0.39, 0.29) is 4.90 Å². The van der Waals surface area contributed by atoms with Gasteiger partial charge in [0.05, 0.1) is 6.20 Å². The molecule has 2 rings (SSSR count). The Hall–Kier alpha value is -2.28. The number of hydrogen-bond donors (Lipinski definition) is 0. The molecule has 0 amide bonds. The second-order valence-electron chi connectivity index (χ2n) is 4.11. The van der Waals surface area contributed by atoms with E-state index in [4.69, 9.17) is 0 Å². The summed E-state index contributed by atoms with van der Waals surface area (Å²) in [5.74, 6) is 0.